The average molecular weight is 751 g/mol. The smallest absolute Gasteiger partial charge is 0.178 e. The largest absolute Gasteiger partial charge is 0.290 e. The lowest BCUT2D eigenvalue weighted by atomic mass is 9.87. The summed E-state index contributed by atoms with van der Waals surface area (Å²) in [4.78, 5) is 38.3. The summed E-state index contributed by atoms with van der Waals surface area (Å²) >= 11 is 0. The van der Waals surface area contributed by atoms with Crippen molar-refractivity contribution in [2.75, 3.05) is 0 Å². The fourth-order valence-corrected chi connectivity index (χ4v) is 7.35. The van der Waals surface area contributed by atoms with Gasteiger partial charge in [0, 0.05) is 16.7 Å². The Balaban J connectivity index is 1.12. The number of benzene rings is 1. The zero-order valence-electron chi connectivity index (χ0n) is 32.7. The number of rotatable bonds is 9. The molecule has 6 aliphatic rings. The summed E-state index contributed by atoms with van der Waals surface area (Å²) in [6.45, 7) is 9.36. The molecule has 7 rings (SSSR count). The normalized spacial score (nSPS) is 21.7. The molecule has 0 fully saturated rings. The summed E-state index contributed by atoms with van der Waals surface area (Å²) in [6, 6.07) is 0. The monoisotopic (exact) mass is 750 g/mol. The van der Waals surface area contributed by atoms with Crippen LogP contribution in [0.5, 0.6) is 0 Å². The Morgan fingerprint density at radius 1 is 0.316 bits per heavy atom. The second-order valence-electron chi connectivity index (χ2n) is 14.8. The predicted octanol–water partition coefficient (Wildman–Crippen LogP) is 5.53. The van der Waals surface area contributed by atoms with E-state index in [0.29, 0.717) is 0 Å². The molecule has 57 heavy (non-hydrogen) atoms. The van der Waals surface area contributed by atoms with Gasteiger partial charge in [-0.15, -0.1) is 0 Å². The Hall–Kier alpha value is -6.57. The van der Waals surface area contributed by atoms with Crippen LogP contribution >= 0.6 is 0 Å². The molecule has 0 amide bonds. The van der Waals surface area contributed by atoms with Gasteiger partial charge in [0.1, 0.15) is 19.6 Å². The van der Waals surface area contributed by atoms with Gasteiger partial charge in [-0.2, -0.15) is 0 Å². The lowest BCUT2D eigenvalue weighted by molar-refractivity contribution is -0.807. The molecule has 0 saturated carbocycles. The van der Waals surface area contributed by atoms with Crippen molar-refractivity contribution in [1.29, 1.82) is 0 Å². The van der Waals surface area contributed by atoms with Gasteiger partial charge in [-0.1, -0.05) is 72.9 Å². The minimum Gasteiger partial charge on any atom is -0.290 e. The first-order valence-corrected chi connectivity index (χ1v) is 19.4. The van der Waals surface area contributed by atoms with Crippen LogP contribution in [0.1, 0.15) is 33.4 Å². The number of quaternary nitrogens is 3. The zero-order chi connectivity index (χ0) is 39.7. The molecule has 0 aromatic heterocycles. The van der Waals surface area contributed by atoms with Crippen molar-refractivity contribution in [1.82, 2.24) is 0 Å². The van der Waals surface area contributed by atoms with Crippen LogP contribution in [0.3, 0.4) is 0 Å². The quantitative estimate of drug-likeness (QED) is 0.311. The Kier molecular flexibility index (Phi) is 12.2. The highest BCUT2D eigenvalue weighted by Gasteiger charge is 2.25. The molecular formula is C51H48N3O3+3. The summed E-state index contributed by atoms with van der Waals surface area (Å²) in [6.07, 6.45) is 59.3. The van der Waals surface area contributed by atoms with Crippen molar-refractivity contribution in [3.8, 4) is 0 Å². The predicted molar refractivity (Wildman–Crippen MR) is 228 cm³/mol. The number of nitrogens with one attached hydrogen (secondary N) is 3. The van der Waals surface area contributed by atoms with Crippen LogP contribution in [-0.4, -0.2) is 17.3 Å². The van der Waals surface area contributed by atoms with Crippen molar-refractivity contribution in [2.45, 2.75) is 40.4 Å². The minimum absolute atomic E-state index is 0.0170. The number of carbonyl (C=O) groups is 3. The van der Waals surface area contributed by atoms with Gasteiger partial charge in [-0.3, -0.25) is 29.1 Å². The standard InChI is InChI=1S/C51H45N3O3/c1-37-49(34-52-28-22-43(23-29-52)7-4-40-10-16-46(55)17-11-40)38(2)51(36-54-32-26-45(27-33-54)9-6-42-14-20-48(57)21-15-42)39(3)50(37)35-53-30-24-44(25-31-53)8-5-41-12-18-47(56)19-13-41/h4-33H,34-36H2,1-3H3/p+3. The van der Waals surface area contributed by atoms with E-state index in [0.717, 1.165) is 53.1 Å². The topological polar surface area (TPSA) is 64.5 Å². The maximum Gasteiger partial charge on any atom is 0.178 e. The van der Waals surface area contributed by atoms with Gasteiger partial charge in [0.2, 0.25) is 0 Å². The van der Waals surface area contributed by atoms with E-state index in [2.05, 4.69) is 113 Å². The second kappa shape index (κ2) is 17.9. The summed E-state index contributed by atoms with van der Waals surface area (Å²) in [7, 11) is 0. The van der Waals surface area contributed by atoms with Gasteiger partial charge < -0.3 is 0 Å². The number of ketones is 3. The molecule has 1 aromatic carbocycles. The first-order valence-electron chi connectivity index (χ1n) is 19.4. The van der Waals surface area contributed by atoms with Crippen molar-refractivity contribution in [3.63, 3.8) is 0 Å². The summed E-state index contributed by atoms with van der Waals surface area (Å²) < 4.78 is 0. The highest BCUT2D eigenvalue weighted by Crippen LogP contribution is 2.27. The SMILES string of the molecule is Cc1c(C[NH+]2C=CC(=CC=C3C=CC(=O)C=C3)C=C2)c(C)c(C[NH+]2C=CC(=CC=C3C=CC(=O)C=C3)C=C2)c(C)c1C[NH+]1C=CC(=CC=C2C=CC(=O)C=C2)C=C1. The molecule has 0 radical (unpaired) electrons. The van der Waals surface area contributed by atoms with E-state index in [4.69, 9.17) is 0 Å². The Morgan fingerprint density at radius 3 is 0.719 bits per heavy atom. The maximum absolute atomic E-state index is 11.5. The molecule has 3 N–H and O–H groups in total. The Labute approximate surface area is 335 Å². The molecule has 0 unspecified atom stereocenters. The van der Waals surface area contributed by atoms with Crippen LogP contribution in [0.25, 0.3) is 0 Å². The molecule has 1 aromatic rings. The van der Waals surface area contributed by atoms with Crippen LogP contribution in [0.4, 0.5) is 0 Å². The van der Waals surface area contributed by atoms with Gasteiger partial charge in [0.05, 0.1) is 37.2 Å². The molecule has 3 heterocycles. The molecule has 6 nitrogen and oxygen atoms in total. The average Bonchev–Trinajstić information content (AvgIpc) is 3.23. The first kappa shape index (κ1) is 38.7. The van der Waals surface area contributed by atoms with Gasteiger partial charge in [0.15, 0.2) is 17.3 Å². The molecule has 0 bridgehead atoms. The van der Waals surface area contributed by atoms with E-state index in [-0.39, 0.29) is 17.3 Å². The number of allylic oxidation sites excluding steroid dienone is 30. The number of hydrogen-bond donors (Lipinski definition) is 3. The van der Waals surface area contributed by atoms with Gasteiger partial charge in [0.25, 0.3) is 0 Å². The fourth-order valence-electron chi connectivity index (χ4n) is 7.35. The molecular weight excluding hydrogens is 703 g/mol. The third-order valence-corrected chi connectivity index (χ3v) is 10.8. The molecule has 0 atom stereocenters. The third kappa shape index (κ3) is 10.2. The summed E-state index contributed by atoms with van der Waals surface area (Å²) in [5, 5.41) is 0. The summed E-state index contributed by atoms with van der Waals surface area (Å²) in [5.41, 5.74) is 14.5. The lowest BCUT2D eigenvalue weighted by Gasteiger charge is -2.25. The maximum atomic E-state index is 11.5. The summed E-state index contributed by atoms with van der Waals surface area (Å²) in [5.74, 6) is 0.0510. The van der Waals surface area contributed by atoms with Crippen molar-refractivity contribution < 1.29 is 29.1 Å². The van der Waals surface area contributed by atoms with Crippen LogP contribution in [0.2, 0.25) is 0 Å². The number of hydrogen-bond acceptors (Lipinski definition) is 3. The first-order chi connectivity index (χ1) is 27.7. The second-order valence-corrected chi connectivity index (χ2v) is 14.8. The fraction of sp³-hybridized carbons (Fsp3) is 0.118. The van der Waals surface area contributed by atoms with Crippen molar-refractivity contribution in [3.05, 3.63) is 250 Å². The van der Waals surface area contributed by atoms with Crippen LogP contribution in [0.15, 0.2) is 216 Å². The molecule has 0 spiro atoms. The van der Waals surface area contributed by atoms with Gasteiger partial charge in [-0.05, 0) is 144 Å². The van der Waals surface area contributed by atoms with Crippen LogP contribution in [-0.2, 0) is 34.0 Å². The zero-order valence-corrected chi connectivity index (χ0v) is 32.7. The van der Waals surface area contributed by atoms with E-state index >= 15 is 0 Å². The van der Waals surface area contributed by atoms with Crippen molar-refractivity contribution in [2.24, 2.45) is 0 Å². The molecule has 282 valence electrons. The minimum atomic E-state index is 0.0170. The van der Waals surface area contributed by atoms with E-state index in [1.807, 2.05) is 54.7 Å². The highest BCUT2D eigenvalue weighted by atomic mass is 16.1. The van der Waals surface area contributed by atoms with E-state index in [1.54, 1.807) is 36.5 Å². The van der Waals surface area contributed by atoms with Crippen molar-refractivity contribution >= 4 is 17.3 Å². The third-order valence-electron chi connectivity index (χ3n) is 10.8. The molecule has 3 aliphatic heterocycles. The van der Waals surface area contributed by atoms with E-state index in [9.17, 15) is 14.4 Å². The van der Waals surface area contributed by atoms with E-state index in [1.165, 1.54) is 48.1 Å². The van der Waals surface area contributed by atoms with Crippen LogP contribution < -0.4 is 14.7 Å². The highest BCUT2D eigenvalue weighted by molar-refractivity contribution is 6.02. The van der Waals surface area contributed by atoms with Crippen LogP contribution in [0, 0.1) is 20.8 Å². The lowest BCUT2D eigenvalue weighted by Crippen LogP contribution is -3.02. The van der Waals surface area contributed by atoms with Gasteiger partial charge in [-0.25, -0.2) is 0 Å². The Morgan fingerprint density at radius 2 is 0.509 bits per heavy atom. The number of carbonyl (C=O) groups excluding carboxylic acids is 3. The Bertz CT molecular complexity index is 2070. The van der Waals surface area contributed by atoms with Gasteiger partial charge >= 0.3 is 0 Å². The molecule has 6 heteroatoms. The molecule has 0 saturated heterocycles. The molecule has 3 aliphatic carbocycles. The van der Waals surface area contributed by atoms with E-state index < -0.39 is 0 Å².